The zero-order valence-corrected chi connectivity index (χ0v) is 20.8. The zero-order chi connectivity index (χ0) is 22.7. The molecule has 6 aromatic rings. The third kappa shape index (κ3) is 2.60. The number of aromatic nitrogens is 2. The summed E-state index contributed by atoms with van der Waals surface area (Å²) in [5, 5.41) is 8.48. The predicted molar refractivity (Wildman–Crippen MR) is 143 cm³/mol. The van der Waals surface area contributed by atoms with Crippen LogP contribution < -0.4 is 11.5 Å². The quantitative estimate of drug-likeness (QED) is 0.230. The molecular weight excluding hydrogens is 432 g/mol. The maximum absolute atomic E-state index is 6.28. The molecule has 4 nitrogen and oxygen atoms in total. The number of nitrogens with zero attached hydrogens (tertiary/aromatic N) is 2. The number of thiazole rings is 2. The van der Waals surface area contributed by atoms with Gasteiger partial charge in [0.05, 0.1) is 20.4 Å². The fourth-order valence-corrected chi connectivity index (χ4v) is 6.56. The van der Waals surface area contributed by atoms with Crippen LogP contribution in [0.2, 0.25) is 0 Å². The van der Waals surface area contributed by atoms with Gasteiger partial charge in [-0.15, -0.1) is 0 Å². The topological polar surface area (TPSA) is 77.8 Å². The Hall–Kier alpha value is -2.70. The lowest BCUT2D eigenvalue weighted by Crippen LogP contribution is -2.12. The van der Waals surface area contributed by atoms with Crippen LogP contribution in [-0.4, -0.2) is 9.97 Å². The molecule has 0 amide bonds. The van der Waals surface area contributed by atoms with Gasteiger partial charge < -0.3 is 11.5 Å². The van der Waals surface area contributed by atoms with Gasteiger partial charge >= 0.3 is 0 Å². The summed E-state index contributed by atoms with van der Waals surface area (Å²) in [6, 6.07) is 9.30. The molecule has 4 N–H and O–H groups in total. The first-order chi connectivity index (χ1) is 14.9. The zero-order valence-electron chi connectivity index (χ0n) is 19.2. The summed E-state index contributed by atoms with van der Waals surface area (Å²) in [6.45, 7) is 13.5. The molecule has 0 radical (unpaired) electrons. The van der Waals surface area contributed by atoms with E-state index in [-0.39, 0.29) is 10.8 Å². The van der Waals surface area contributed by atoms with Gasteiger partial charge in [-0.05, 0) is 46.2 Å². The predicted octanol–water partition coefficient (Wildman–Crippen LogP) is 7.56. The van der Waals surface area contributed by atoms with Gasteiger partial charge in [0.25, 0.3) is 0 Å². The number of nitrogens with two attached hydrogens (primary N) is 2. The van der Waals surface area contributed by atoms with Gasteiger partial charge in [0.2, 0.25) is 0 Å². The maximum Gasteiger partial charge on any atom is 0.181 e. The number of nitrogen functional groups attached to an aromatic ring is 2. The molecule has 6 heteroatoms. The first kappa shape index (κ1) is 19.9. The largest absolute Gasteiger partial charge is 0.375 e. The minimum absolute atomic E-state index is 0.00830. The molecule has 4 aromatic carbocycles. The second-order valence-electron chi connectivity index (χ2n) is 10.9. The van der Waals surface area contributed by atoms with Crippen molar-refractivity contribution in [3.05, 3.63) is 35.4 Å². The van der Waals surface area contributed by atoms with E-state index in [9.17, 15) is 0 Å². The third-order valence-corrected chi connectivity index (χ3v) is 8.38. The standard InChI is InChI=1S/C26H26N4S2/c1-25(2,3)11-7-13-17-14(8-11)20-22(32-24(28)30-20)16-10-12(26(4,5)6)9-15(18(16)17)21-19(13)29-23(27)31-21/h7-10H,1-6H3,(H2,27,29)(H2,28,30). The fraction of sp³-hybridized carbons (Fsp3) is 0.308. The average molecular weight is 459 g/mol. The molecule has 162 valence electrons. The summed E-state index contributed by atoms with van der Waals surface area (Å²) >= 11 is 3.17. The first-order valence-corrected chi connectivity index (χ1v) is 12.5. The molecule has 0 saturated carbocycles. The smallest absolute Gasteiger partial charge is 0.181 e. The Morgan fingerprint density at radius 2 is 0.938 bits per heavy atom. The van der Waals surface area contributed by atoms with Crippen molar-refractivity contribution in [1.29, 1.82) is 0 Å². The van der Waals surface area contributed by atoms with Gasteiger partial charge in [-0.3, -0.25) is 0 Å². The van der Waals surface area contributed by atoms with Gasteiger partial charge in [0.15, 0.2) is 10.3 Å². The highest BCUT2D eigenvalue weighted by atomic mass is 32.1. The SMILES string of the molecule is CC(C)(C)c1cc2c3nc(N)sc3c3cc(C(C)(C)C)cc4c5sc(N)nc5c(c1)c2c34. The molecule has 0 bridgehead atoms. The highest BCUT2D eigenvalue weighted by molar-refractivity contribution is 7.24. The van der Waals surface area contributed by atoms with Crippen molar-refractivity contribution in [2.45, 2.75) is 52.4 Å². The molecule has 6 rings (SSSR count). The Labute approximate surface area is 194 Å². The first-order valence-electron chi connectivity index (χ1n) is 10.8. The molecule has 2 heterocycles. The van der Waals surface area contributed by atoms with Gasteiger partial charge in [0, 0.05) is 32.3 Å². The summed E-state index contributed by atoms with van der Waals surface area (Å²) in [4.78, 5) is 9.63. The minimum Gasteiger partial charge on any atom is -0.375 e. The van der Waals surface area contributed by atoms with E-state index in [1.807, 2.05) is 0 Å². The summed E-state index contributed by atoms with van der Waals surface area (Å²) in [6.07, 6.45) is 0. The van der Waals surface area contributed by atoms with E-state index in [4.69, 9.17) is 21.4 Å². The van der Waals surface area contributed by atoms with E-state index in [0.717, 1.165) is 31.2 Å². The second-order valence-corrected chi connectivity index (χ2v) is 12.9. The average Bonchev–Trinajstić information content (AvgIpc) is 3.27. The van der Waals surface area contributed by atoms with Gasteiger partial charge in [-0.2, -0.15) is 0 Å². The summed E-state index contributed by atoms with van der Waals surface area (Å²) in [5.74, 6) is 0. The minimum atomic E-state index is -0.00830. The van der Waals surface area contributed by atoms with Crippen LogP contribution in [0.25, 0.3) is 52.8 Å². The molecular formula is C26H26N4S2. The van der Waals surface area contributed by atoms with Crippen molar-refractivity contribution in [1.82, 2.24) is 9.97 Å². The van der Waals surface area contributed by atoms with E-state index in [1.54, 1.807) is 22.7 Å². The van der Waals surface area contributed by atoms with Crippen LogP contribution in [0, 0.1) is 0 Å². The lowest BCUT2D eigenvalue weighted by Gasteiger charge is -2.24. The van der Waals surface area contributed by atoms with Crippen LogP contribution in [0.1, 0.15) is 52.7 Å². The Kier molecular flexibility index (Phi) is 3.74. The highest BCUT2D eigenvalue weighted by Gasteiger charge is 2.26. The van der Waals surface area contributed by atoms with Crippen molar-refractivity contribution in [3.63, 3.8) is 0 Å². The number of fused-ring (bicyclic) bond motifs is 6. The summed E-state index contributed by atoms with van der Waals surface area (Å²) in [7, 11) is 0. The molecule has 0 saturated heterocycles. The van der Waals surface area contributed by atoms with Crippen LogP contribution in [-0.2, 0) is 10.8 Å². The highest BCUT2D eigenvalue weighted by Crippen LogP contribution is 2.49. The van der Waals surface area contributed by atoms with Crippen LogP contribution in [0.5, 0.6) is 0 Å². The monoisotopic (exact) mass is 458 g/mol. The van der Waals surface area contributed by atoms with E-state index in [1.165, 1.54) is 32.7 Å². The van der Waals surface area contributed by atoms with Crippen LogP contribution >= 0.6 is 22.7 Å². The lowest BCUT2D eigenvalue weighted by atomic mass is 9.81. The maximum atomic E-state index is 6.28. The Balaban J connectivity index is 2.02. The summed E-state index contributed by atoms with van der Waals surface area (Å²) in [5.41, 5.74) is 17.1. The van der Waals surface area contributed by atoms with Crippen molar-refractivity contribution < 1.29 is 0 Å². The number of hydrogen-bond acceptors (Lipinski definition) is 6. The molecule has 0 fully saturated rings. The van der Waals surface area contributed by atoms with Gasteiger partial charge in [-0.25, -0.2) is 9.97 Å². The van der Waals surface area contributed by atoms with Crippen LogP contribution in [0.4, 0.5) is 10.3 Å². The molecule has 0 atom stereocenters. The molecule has 32 heavy (non-hydrogen) atoms. The molecule has 0 aliphatic rings. The third-order valence-electron chi connectivity index (χ3n) is 6.55. The molecule has 0 spiro atoms. The van der Waals surface area contributed by atoms with E-state index in [0.29, 0.717) is 10.3 Å². The number of benzene rings is 4. The molecule has 0 aliphatic carbocycles. The van der Waals surface area contributed by atoms with Gasteiger partial charge in [0.1, 0.15) is 0 Å². The van der Waals surface area contributed by atoms with E-state index in [2.05, 4.69) is 65.8 Å². The fourth-order valence-electron chi connectivity index (χ4n) is 4.82. The second kappa shape index (κ2) is 6.00. The Bertz CT molecular complexity index is 1480. The van der Waals surface area contributed by atoms with Crippen molar-refractivity contribution in [2.75, 3.05) is 11.5 Å². The normalized spacial score (nSPS) is 13.6. The van der Waals surface area contributed by atoms with Gasteiger partial charge in [-0.1, -0.05) is 64.2 Å². The Morgan fingerprint density at radius 1 is 0.594 bits per heavy atom. The number of hydrogen-bond donors (Lipinski definition) is 2. The van der Waals surface area contributed by atoms with Crippen LogP contribution in [0.3, 0.4) is 0 Å². The van der Waals surface area contributed by atoms with Crippen molar-refractivity contribution in [2.24, 2.45) is 0 Å². The number of rotatable bonds is 0. The lowest BCUT2D eigenvalue weighted by molar-refractivity contribution is 0.591. The molecule has 2 aromatic heterocycles. The van der Waals surface area contributed by atoms with Crippen molar-refractivity contribution in [3.8, 4) is 0 Å². The van der Waals surface area contributed by atoms with E-state index < -0.39 is 0 Å². The van der Waals surface area contributed by atoms with E-state index >= 15 is 0 Å². The molecule has 0 unspecified atom stereocenters. The van der Waals surface area contributed by atoms with Crippen LogP contribution in [0.15, 0.2) is 24.3 Å². The summed E-state index contributed by atoms with van der Waals surface area (Å²) < 4.78 is 2.32. The Morgan fingerprint density at radius 3 is 1.31 bits per heavy atom. The van der Waals surface area contributed by atoms with Crippen molar-refractivity contribution >= 4 is 85.7 Å². The number of anilines is 2. The molecule has 0 aliphatic heterocycles.